The molecular formula is C29H38O8. The molecule has 0 aromatic rings. The van der Waals surface area contributed by atoms with Crippen LogP contribution in [0.2, 0.25) is 0 Å². The molecule has 1 N–H and O–H groups in total. The van der Waals surface area contributed by atoms with Crippen molar-refractivity contribution in [3.8, 4) is 0 Å². The molecule has 8 nitrogen and oxygen atoms in total. The van der Waals surface area contributed by atoms with E-state index in [0.717, 1.165) is 18.4 Å². The van der Waals surface area contributed by atoms with Crippen LogP contribution in [-0.2, 0) is 33.3 Å². The molecule has 5 aliphatic rings. The van der Waals surface area contributed by atoms with E-state index in [0.29, 0.717) is 26.1 Å². The van der Waals surface area contributed by atoms with Gasteiger partial charge < -0.3 is 28.8 Å². The summed E-state index contributed by atoms with van der Waals surface area (Å²) in [6.07, 6.45) is 10.5. The fourth-order valence-corrected chi connectivity index (χ4v) is 6.85. The minimum Gasteiger partial charge on any atom is -0.462 e. The second-order valence-corrected chi connectivity index (χ2v) is 11.4. The van der Waals surface area contributed by atoms with Crippen LogP contribution >= 0.6 is 0 Å². The molecule has 2 aliphatic carbocycles. The molecule has 2 bridgehead atoms. The zero-order chi connectivity index (χ0) is 26.4. The van der Waals surface area contributed by atoms with Gasteiger partial charge in [-0.1, -0.05) is 42.4 Å². The van der Waals surface area contributed by atoms with Gasteiger partial charge in [0.2, 0.25) is 0 Å². The van der Waals surface area contributed by atoms with E-state index in [1.807, 2.05) is 6.92 Å². The van der Waals surface area contributed by atoms with Crippen LogP contribution in [-0.4, -0.2) is 73.0 Å². The monoisotopic (exact) mass is 514 g/mol. The second-order valence-electron chi connectivity index (χ2n) is 11.4. The van der Waals surface area contributed by atoms with Crippen LogP contribution in [0.15, 0.2) is 47.6 Å². The molecule has 0 amide bonds. The minimum atomic E-state index is -0.735. The lowest BCUT2D eigenvalue weighted by Gasteiger charge is -2.58. The number of esters is 2. The maximum atomic E-state index is 12.9. The first kappa shape index (κ1) is 26.4. The molecule has 3 heterocycles. The Hall–Kier alpha value is -2.26. The Balaban J connectivity index is 1.51. The molecule has 0 radical (unpaired) electrons. The molecule has 1 saturated carbocycles. The summed E-state index contributed by atoms with van der Waals surface area (Å²) >= 11 is 0. The number of carbonyl (C=O) groups is 2. The fourth-order valence-electron chi connectivity index (χ4n) is 6.85. The van der Waals surface area contributed by atoms with Crippen LogP contribution in [0.5, 0.6) is 0 Å². The van der Waals surface area contributed by atoms with Crippen LogP contribution in [0.3, 0.4) is 0 Å². The highest BCUT2D eigenvalue weighted by Crippen LogP contribution is 2.72. The summed E-state index contributed by atoms with van der Waals surface area (Å²) in [6.45, 7) is 8.73. The first-order chi connectivity index (χ1) is 17.6. The van der Waals surface area contributed by atoms with Crippen molar-refractivity contribution < 1.29 is 38.4 Å². The largest absolute Gasteiger partial charge is 0.462 e. The van der Waals surface area contributed by atoms with Gasteiger partial charge in [0.25, 0.3) is 0 Å². The van der Waals surface area contributed by atoms with Crippen molar-refractivity contribution in [1.29, 1.82) is 0 Å². The minimum absolute atomic E-state index is 0.144. The first-order valence-electron chi connectivity index (χ1n) is 13.3. The van der Waals surface area contributed by atoms with Gasteiger partial charge in [0.1, 0.15) is 24.4 Å². The van der Waals surface area contributed by atoms with Crippen molar-refractivity contribution in [2.45, 2.75) is 89.5 Å². The third kappa shape index (κ3) is 4.42. The van der Waals surface area contributed by atoms with Crippen LogP contribution in [0, 0.1) is 10.8 Å². The normalized spacial score (nSPS) is 46.2. The molecule has 1 unspecified atom stereocenters. The quantitative estimate of drug-likeness (QED) is 0.323. The number of carbonyl (C=O) groups excluding carboxylic acids is 2. The lowest BCUT2D eigenvalue weighted by molar-refractivity contribution is -0.232. The molecular weight excluding hydrogens is 476 g/mol. The summed E-state index contributed by atoms with van der Waals surface area (Å²) in [4.78, 5) is 25.9. The van der Waals surface area contributed by atoms with E-state index < -0.39 is 46.7 Å². The maximum absolute atomic E-state index is 12.9. The van der Waals surface area contributed by atoms with Crippen molar-refractivity contribution in [3.05, 3.63) is 47.6 Å². The summed E-state index contributed by atoms with van der Waals surface area (Å²) in [7, 11) is 0. The van der Waals surface area contributed by atoms with Crippen LogP contribution in [0.4, 0.5) is 0 Å². The molecule has 2 spiro atoms. The lowest BCUT2D eigenvalue weighted by atomic mass is 9.51. The Morgan fingerprint density at radius 1 is 1.05 bits per heavy atom. The molecule has 0 aromatic heterocycles. The van der Waals surface area contributed by atoms with Gasteiger partial charge in [-0.3, -0.25) is 0 Å². The van der Waals surface area contributed by atoms with Gasteiger partial charge >= 0.3 is 11.9 Å². The number of cyclic esters (lactones) is 1. The number of aliphatic hydroxyl groups excluding tert-OH is 1. The van der Waals surface area contributed by atoms with E-state index in [9.17, 15) is 14.7 Å². The average Bonchev–Trinajstić information content (AvgIpc) is 3.61. The zero-order valence-electron chi connectivity index (χ0n) is 22.1. The van der Waals surface area contributed by atoms with Crippen molar-refractivity contribution in [3.63, 3.8) is 0 Å². The molecule has 8 atom stereocenters. The van der Waals surface area contributed by atoms with Gasteiger partial charge in [-0.2, -0.15) is 0 Å². The van der Waals surface area contributed by atoms with Gasteiger partial charge in [0, 0.05) is 24.0 Å². The molecule has 0 aromatic carbocycles. The van der Waals surface area contributed by atoms with E-state index in [1.54, 1.807) is 25.2 Å². The summed E-state index contributed by atoms with van der Waals surface area (Å²) in [5.74, 6) is -0.879. The molecule has 202 valence electrons. The molecule has 2 saturated heterocycles. The van der Waals surface area contributed by atoms with Gasteiger partial charge in [0.15, 0.2) is 0 Å². The highest BCUT2D eigenvalue weighted by Gasteiger charge is 2.83. The lowest BCUT2D eigenvalue weighted by Crippen LogP contribution is -2.66. The molecule has 8 heteroatoms. The predicted octanol–water partition coefficient (Wildman–Crippen LogP) is 3.34. The van der Waals surface area contributed by atoms with Crippen molar-refractivity contribution in [1.82, 2.24) is 0 Å². The van der Waals surface area contributed by atoms with Crippen molar-refractivity contribution in [2.24, 2.45) is 10.8 Å². The van der Waals surface area contributed by atoms with Crippen molar-refractivity contribution in [2.75, 3.05) is 19.8 Å². The Bertz CT molecular complexity index is 1050. The Morgan fingerprint density at radius 2 is 1.84 bits per heavy atom. The highest BCUT2D eigenvalue weighted by molar-refractivity contribution is 5.83. The van der Waals surface area contributed by atoms with Gasteiger partial charge in [-0.25, -0.2) is 9.59 Å². The number of epoxide rings is 1. The molecule has 3 aliphatic heterocycles. The summed E-state index contributed by atoms with van der Waals surface area (Å²) in [6, 6.07) is 0. The number of allylic oxidation sites excluding steroid dienone is 3. The smallest absolute Gasteiger partial charge is 0.331 e. The van der Waals surface area contributed by atoms with Crippen LogP contribution < -0.4 is 0 Å². The molecule has 3 fully saturated rings. The summed E-state index contributed by atoms with van der Waals surface area (Å²) in [5.41, 5.74) is 0.318. The van der Waals surface area contributed by atoms with Gasteiger partial charge in [-0.05, 0) is 40.0 Å². The number of hydrogen-bond acceptors (Lipinski definition) is 8. The first-order valence-corrected chi connectivity index (χ1v) is 13.3. The maximum Gasteiger partial charge on any atom is 0.331 e. The van der Waals surface area contributed by atoms with E-state index in [4.69, 9.17) is 23.7 Å². The third-order valence-corrected chi connectivity index (χ3v) is 9.24. The summed E-state index contributed by atoms with van der Waals surface area (Å²) < 4.78 is 30.6. The Kier molecular flexibility index (Phi) is 6.98. The topological polar surface area (TPSA) is 104 Å². The standard InChI is InChI=1S/C29H38O8/c1-18-9-11-28-16-34-26(32)14-19(2)10-12-33-21(20(3)30)7-5-6-8-25(31)37-22-15-24(36-23(28)13-18)29(17-35-29)27(22,28)4/h5-8,13-14,20-24,30H,9-12,15-17H2,1-4H3/b7-5+,8-6+,19-14+/t20-,21-,22+,23+,24?,27+,28+,29-/m0/s1. The fraction of sp³-hybridized carbons (Fsp3) is 0.655. The van der Waals surface area contributed by atoms with E-state index >= 15 is 0 Å². The van der Waals surface area contributed by atoms with E-state index in [-0.39, 0.29) is 18.8 Å². The third-order valence-electron chi connectivity index (χ3n) is 9.24. The number of aliphatic hydroxyl groups is 1. The molecule has 37 heavy (non-hydrogen) atoms. The summed E-state index contributed by atoms with van der Waals surface area (Å²) in [5, 5.41) is 10.0. The number of hydrogen-bond donors (Lipinski definition) is 1. The van der Waals surface area contributed by atoms with Crippen LogP contribution in [0.25, 0.3) is 0 Å². The van der Waals surface area contributed by atoms with E-state index in [2.05, 4.69) is 19.9 Å². The number of ether oxygens (including phenoxy) is 5. The van der Waals surface area contributed by atoms with Crippen LogP contribution in [0.1, 0.15) is 53.4 Å². The van der Waals surface area contributed by atoms with Gasteiger partial charge in [0.05, 0.1) is 36.9 Å². The SMILES string of the molecule is CC1=C[C@H]2OC3C[C@H]4OC(=O)/C=C/C=C/[C@@H]([C@H](C)O)OCC/C(C)=C/C(=O)OC[C@@]2(CC1)[C@]4(C)[C@]31CO1. The van der Waals surface area contributed by atoms with E-state index in [1.165, 1.54) is 17.7 Å². The average molecular weight is 515 g/mol. The zero-order valence-corrected chi connectivity index (χ0v) is 22.1. The van der Waals surface area contributed by atoms with Crippen molar-refractivity contribution >= 4 is 11.9 Å². The molecule has 5 rings (SSSR count). The second kappa shape index (κ2) is 9.80. The predicted molar refractivity (Wildman–Crippen MR) is 134 cm³/mol. The Labute approximate surface area is 218 Å². The Morgan fingerprint density at radius 3 is 2.57 bits per heavy atom. The number of rotatable bonds is 1. The van der Waals surface area contributed by atoms with Gasteiger partial charge in [-0.15, -0.1) is 0 Å². The highest BCUT2D eigenvalue weighted by atomic mass is 16.6.